The summed E-state index contributed by atoms with van der Waals surface area (Å²) in [5.74, 6) is 0.639. The molecule has 84 valence electrons. The zero-order valence-corrected chi connectivity index (χ0v) is 10.1. The van der Waals surface area contributed by atoms with Gasteiger partial charge in [-0.3, -0.25) is 0 Å². The van der Waals surface area contributed by atoms with E-state index >= 15 is 0 Å². The molecule has 0 radical (unpaired) electrons. The molecule has 1 saturated carbocycles. The fourth-order valence-electron chi connectivity index (χ4n) is 2.26. The van der Waals surface area contributed by atoms with Crippen LogP contribution in [-0.2, 0) is 10.0 Å². The number of hydrogen-bond acceptors (Lipinski definition) is 2. The summed E-state index contributed by atoms with van der Waals surface area (Å²) >= 11 is 0. The predicted molar refractivity (Wildman–Crippen MR) is 58.3 cm³/mol. The molecule has 0 aromatic heterocycles. The molecule has 1 rings (SSSR count). The molecule has 0 heterocycles. The fraction of sp³-hybridized carbons (Fsp3) is 1.00. The lowest BCUT2D eigenvalue weighted by atomic mass is 9.72. The van der Waals surface area contributed by atoms with E-state index in [0.29, 0.717) is 11.3 Å². The van der Waals surface area contributed by atoms with Crippen LogP contribution in [-0.4, -0.2) is 13.7 Å². The molecule has 0 amide bonds. The summed E-state index contributed by atoms with van der Waals surface area (Å²) in [5.41, 5.74) is 0.295. The molecule has 4 heteroatoms. The molecule has 0 atom stereocenters. The Morgan fingerprint density at radius 3 is 1.79 bits per heavy atom. The van der Waals surface area contributed by atoms with Crippen LogP contribution in [0.15, 0.2) is 0 Å². The molecule has 1 aliphatic rings. The lowest BCUT2D eigenvalue weighted by Gasteiger charge is -2.36. The molecule has 1 aliphatic carbocycles. The highest BCUT2D eigenvalue weighted by atomic mass is 32.2. The quantitative estimate of drug-likeness (QED) is 0.732. The first-order chi connectivity index (χ1) is 6.21. The molecule has 0 aromatic carbocycles. The largest absolute Gasteiger partial charge is 0.228 e. The SMILES string of the molecule is CC(C)(C)C1CCC(S(N)(=O)=O)CC1. The lowest BCUT2D eigenvalue weighted by molar-refractivity contribution is 0.180. The van der Waals surface area contributed by atoms with Crippen LogP contribution in [0.2, 0.25) is 0 Å². The first-order valence-corrected chi connectivity index (χ1v) is 6.84. The second-order valence-corrected chi connectivity index (χ2v) is 7.27. The molecule has 0 aliphatic heterocycles. The fourth-order valence-corrected chi connectivity index (χ4v) is 3.19. The molecular formula is C10H21NO2S. The van der Waals surface area contributed by atoms with E-state index in [1.54, 1.807) is 0 Å². The average molecular weight is 219 g/mol. The summed E-state index contributed by atoms with van der Waals surface area (Å²) in [4.78, 5) is 0. The van der Waals surface area contributed by atoms with E-state index in [1.807, 2.05) is 0 Å². The van der Waals surface area contributed by atoms with Gasteiger partial charge in [-0.05, 0) is 37.0 Å². The average Bonchev–Trinajstić information content (AvgIpc) is 2.01. The Morgan fingerprint density at radius 1 is 1.07 bits per heavy atom. The number of rotatable bonds is 1. The summed E-state index contributed by atoms with van der Waals surface area (Å²) in [7, 11) is -3.29. The lowest BCUT2D eigenvalue weighted by Crippen LogP contribution is -2.35. The van der Waals surface area contributed by atoms with Gasteiger partial charge in [0.05, 0.1) is 5.25 Å². The Labute approximate surface area is 87.1 Å². The van der Waals surface area contributed by atoms with E-state index in [4.69, 9.17) is 5.14 Å². The highest BCUT2D eigenvalue weighted by Crippen LogP contribution is 2.38. The van der Waals surface area contributed by atoms with Crippen molar-refractivity contribution in [2.75, 3.05) is 0 Å². The smallest absolute Gasteiger partial charge is 0.211 e. The van der Waals surface area contributed by atoms with Crippen LogP contribution >= 0.6 is 0 Å². The molecule has 2 N–H and O–H groups in total. The molecular weight excluding hydrogens is 198 g/mol. The van der Waals surface area contributed by atoms with Crippen molar-refractivity contribution in [2.24, 2.45) is 16.5 Å². The third-order valence-corrected chi connectivity index (χ3v) is 4.76. The minimum Gasteiger partial charge on any atom is -0.228 e. The van der Waals surface area contributed by atoms with Gasteiger partial charge >= 0.3 is 0 Å². The van der Waals surface area contributed by atoms with Crippen molar-refractivity contribution in [2.45, 2.75) is 51.7 Å². The Bertz CT molecular complexity index is 282. The van der Waals surface area contributed by atoms with E-state index in [-0.39, 0.29) is 5.25 Å². The van der Waals surface area contributed by atoms with E-state index in [9.17, 15) is 8.42 Å². The molecule has 0 spiro atoms. The van der Waals surface area contributed by atoms with Gasteiger partial charge in [0.25, 0.3) is 0 Å². The van der Waals surface area contributed by atoms with E-state index in [0.717, 1.165) is 25.7 Å². The van der Waals surface area contributed by atoms with Gasteiger partial charge in [0, 0.05) is 0 Å². The summed E-state index contributed by atoms with van der Waals surface area (Å²) in [6, 6.07) is 0. The van der Waals surface area contributed by atoms with Gasteiger partial charge in [-0.2, -0.15) is 0 Å². The van der Waals surface area contributed by atoms with Crippen LogP contribution in [0.1, 0.15) is 46.5 Å². The first kappa shape index (κ1) is 12.0. The Hall–Kier alpha value is -0.0900. The minimum atomic E-state index is -3.29. The van der Waals surface area contributed by atoms with Crippen LogP contribution in [0.25, 0.3) is 0 Å². The zero-order valence-electron chi connectivity index (χ0n) is 9.29. The summed E-state index contributed by atoms with van der Waals surface area (Å²) in [6.45, 7) is 6.65. The highest BCUT2D eigenvalue weighted by Gasteiger charge is 2.33. The van der Waals surface area contributed by atoms with Gasteiger partial charge in [-0.25, -0.2) is 13.6 Å². The monoisotopic (exact) mass is 219 g/mol. The molecule has 3 nitrogen and oxygen atoms in total. The van der Waals surface area contributed by atoms with Crippen molar-refractivity contribution >= 4 is 10.0 Å². The maximum atomic E-state index is 11.1. The Morgan fingerprint density at radius 2 is 1.50 bits per heavy atom. The predicted octanol–water partition coefficient (Wildman–Crippen LogP) is 1.88. The van der Waals surface area contributed by atoms with Gasteiger partial charge in [0.15, 0.2) is 0 Å². The normalized spacial score (nSPS) is 30.3. The van der Waals surface area contributed by atoms with Crippen molar-refractivity contribution in [3.8, 4) is 0 Å². The zero-order chi connectivity index (χ0) is 11.0. The van der Waals surface area contributed by atoms with Crippen molar-refractivity contribution in [1.29, 1.82) is 0 Å². The third-order valence-electron chi connectivity index (χ3n) is 3.36. The van der Waals surface area contributed by atoms with Crippen LogP contribution in [0.4, 0.5) is 0 Å². The summed E-state index contributed by atoms with van der Waals surface area (Å²) < 4.78 is 22.2. The molecule has 0 aromatic rings. The van der Waals surface area contributed by atoms with E-state index < -0.39 is 10.0 Å². The topological polar surface area (TPSA) is 60.2 Å². The molecule has 0 bridgehead atoms. The summed E-state index contributed by atoms with van der Waals surface area (Å²) in [6.07, 6.45) is 3.46. The van der Waals surface area contributed by atoms with Gasteiger partial charge in [0.1, 0.15) is 0 Å². The van der Waals surface area contributed by atoms with Crippen LogP contribution in [0.3, 0.4) is 0 Å². The van der Waals surface area contributed by atoms with Crippen molar-refractivity contribution in [3.63, 3.8) is 0 Å². The van der Waals surface area contributed by atoms with E-state index in [1.165, 1.54) is 0 Å². The standard InChI is InChI=1S/C10H21NO2S/c1-10(2,3)8-4-6-9(7-5-8)14(11,12)13/h8-9H,4-7H2,1-3H3,(H2,11,12,13). The maximum absolute atomic E-state index is 11.1. The van der Waals surface area contributed by atoms with Gasteiger partial charge in [0.2, 0.25) is 10.0 Å². The van der Waals surface area contributed by atoms with Gasteiger partial charge < -0.3 is 0 Å². The number of sulfonamides is 1. The second kappa shape index (κ2) is 3.81. The molecule has 1 fully saturated rings. The Kier molecular flexibility index (Phi) is 3.26. The summed E-state index contributed by atoms with van der Waals surface area (Å²) in [5, 5.41) is 4.85. The van der Waals surface area contributed by atoms with Crippen molar-refractivity contribution < 1.29 is 8.42 Å². The number of hydrogen-bond donors (Lipinski definition) is 1. The molecule has 14 heavy (non-hydrogen) atoms. The molecule has 0 unspecified atom stereocenters. The van der Waals surface area contributed by atoms with Crippen LogP contribution in [0, 0.1) is 11.3 Å². The second-order valence-electron chi connectivity index (χ2n) is 5.43. The minimum absolute atomic E-state index is 0.291. The van der Waals surface area contributed by atoms with Gasteiger partial charge in [-0.15, -0.1) is 0 Å². The number of primary sulfonamides is 1. The van der Waals surface area contributed by atoms with Crippen molar-refractivity contribution in [3.05, 3.63) is 0 Å². The molecule has 0 saturated heterocycles. The van der Waals surface area contributed by atoms with Crippen LogP contribution < -0.4 is 5.14 Å². The van der Waals surface area contributed by atoms with E-state index in [2.05, 4.69) is 20.8 Å². The Balaban J connectivity index is 2.56. The van der Waals surface area contributed by atoms with Gasteiger partial charge in [-0.1, -0.05) is 20.8 Å². The maximum Gasteiger partial charge on any atom is 0.211 e. The third kappa shape index (κ3) is 2.95. The number of nitrogens with two attached hydrogens (primary N) is 1. The van der Waals surface area contributed by atoms with Crippen molar-refractivity contribution in [1.82, 2.24) is 0 Å². The first-order valence-electron chi connectivity index (χ1n) is 5.23. The highest BCUT2D eigenvalue weighted by molar-refractivity contribution is 7.89. The van der Waals surface area contributed by atoms with Crippen LogP contribution in [0.5, 0.6) is 0 Å².